The molecule has 2 saturated heterocycles. The number of likely N-dealkylation sites (tertiary alicyclic amines) is 1. The van der Waals surface area contributed by atoms with Gasteiger partial charge in [-0.15, -0.1) is 13.2 Å². The quantitative estimate of drug-likeness (QED) is 0.862. The Bertz CT molecular complexity index is 856. The lowest BCUT2D eigenvalue weighted by Crippen LogP contribution is -2.47. The molecule has 1 amide bonds. The van der Waals surface area contributed by atoms with Gasteiger partial charge in [-0.25, -0.2) is 0 Å². The number of aromatic nitrogens is 1. The van der Waals surface area contributed by atoms with Gasteiger partial charge in [0.1, 0.15) is 11.4 Å². The number of benzene rings is 1. The number of fused-ring (bicyclic) bond motifs is 1. The third-order valence-electron chi connectivity index (χ3n) is 4.89. The van der Waals surface area contributed by atoms with Gasteiger partial charge in [0.25, 0.3) is 5.91 Å². The average Bonchev–Trinajstić information content (AvgIpc) is 3.19. The van der Waals surface area contributed by atoms with Crippen LogP contribution in [0.3, 0.4) is 0 Å². The predicted molar refractivity (Wildman–Crippen MR) is 89.3 cm³/mol. The van der Waals surface area contributed by atoms with Crippen molar-refractivity contribution in [2.45, 2.75) is 38.0 Å². The van der Waals surface area contributed by atoms with E-state index in [4.69, 9.17) is 9.47 Å². The molecule has 2 fully saturated rings. The average molecular weight is 384 g/mol. The number of carbonyl (C=O) groups is 1. The number of nitrogens with zero attached hydrogens (tertiary/aromatic N) is 1. The molecule has 1 atom stereocenters. The molecule has 2 aliphatic heterocycles. The summed E-state index contributed by atoms with van der Waals surface area (Å²) < 4.78 is 53.3. The van der Waals surface area contributed by atoms with E-state index in [1.807, 2.05) is 6.92 Å². The van der Waals surface area contributed by atoms with Crippen molar-refractivity contribution < 1.29 is 32.2 Å². The number of hydrogen-bond acceptors (Lipinski definition) is 4. The lowest BCUT2D eigenvalue weighted by atomic mass is 10.0. The Kier molecular flexibility index (Phi) is 4.31. The summed E-state index contributed by atoms with van der Waals surface area (Å²) in [6, 6.07) is 5.66. The molecule has 9 heteroatoms. The maximum absolute atomic E-state index is 12.8. The summed E-state index contributed by atoms with van der Waals surface area (Å²) in [5.74, 6) is -1.23. The highest BCUT2D eigenvalue weighted by Gasteiger charge is 2.43. The Morgan fingerprint density at radius 1 is 1.33 bits per heavy atom. The normalized spacial score (nSPS) is 22.5. The van der Waals surface area contributed by atoms with Gasteiger partial charge < -0.3 is 24.1 Å². The van der Waals surface area contributed by atoms with Crippen molar-refractivity contribution in [3.8, 4) is 5.75 Å². The van der Waals surface area contributed by atoms with Crippen LogP contribution in [0.2, 0.25) is 0 Å². The zero-order valence-electron chi connectivity index (χ0n) is 14.6. The smallest absolute Gasteiger partial charge is 0.405 e. The summed E-state index contributed by atoms with van der Waals surface area (Å²) in [5.41, 5.74) is 0.630. The van der Waals surface area contributed by atoms with Gasteiger partial charge in [0.2, 0.25) is 0 Å². The van der Waals surface area contributed by atoms with E-state index in [-0.39, 0.29) is 28.8 Å². The number of H-pyrrole nitrogens is 1. The molecule has 2 aromatic rings. The van der Waals surface area contributed by atoms with Gasteiger partial charge in [-0.3, -0.25) is 4.79 Å². The Balaban J connectivity index is 1.51. The molecule has 0 unspecified atom stereocenters. The number of carbonyl (C=O) groups excluding carboxylic acids is 1. The highest BCUT2D eigenvalue weighted by atomic mass is 19.4. The Morgan fingerprint density at radius 3 is 2.70 bits per heavy atom. The SMILES string of the molecule is C[C@@H]1COC2(CCN(C(=O)c3cc4c(OC(F)(F)F)cccc4[nH]3)CC2)O1. The van der Waals surface area contributed by atoms with Gasteiger partial charge in [-0.05, 0) is 25.1 Å². The van der Waals surface area contributed by atoms with E-state index in [0.29, 0.717) is 38.1 Å². The number of halogens is 3. The van der Waals surface area contributed by atoms with E-state index in [1.54, 1.807) is 11.0 Å². The molecule has 6 nitrogen and oxygen atoms in total. The maximum Gasteiger partial charge on any atom is 0.573 e. The molecular weight excluding hydrogens is 365 g/mol. The van der Waals surface area contributed by atoms with E-state index in [1.165, 1.54) is 18.2 Å². The van der Waals surface area contributed by atoms with Crippen molar-refractivity contribution >= 4 is 16.8 Å². The Morgan fingerprint density at radius 2 is 2.07 bits per heavy atom. The first kappa shape index (κ1) is 18.1. The summed E-state index contributed by atoms with van der Waals surface area (Å²) in [6.45, 7) is 3.38. The van der Waals surface area contributed by atoms with Crippen LogP contribution in [0.1, 0.15) is 30.3 Å². The van der Waals surface area contributed by atoms with E-state index in [2.05, 4.69) is 9.72 Å². The number of piperidine rings is 1. The monoisotopic (exact) mass is 384 g/mol. The summed E-state index contributed by atoms with van der Waals surface area (Å²) >= 11 is 0. The lowest BCUT2D eigenvalue weighted by molar-refractivity contribution is -0.274. The molecule has 0 radical (unpaired) electrons. The van der Waals surface area contributed by atoms with E-state index >= 15 is 0 Å². The van der Waals surface area contributed by atoms with E-state index in [9.17, 15) is 18.0 Å². The van der Waals surface area contributed by atoms with Crippen molar-refractivity contribution in [1.82, 2.24) is 9.88 Å². The number of aromatic amines is 1. The fourth-order valence-corrected chi connectivity index (χ4v) is 3.64. The van der Waals surface area contributed by atoms with Crippen molar-refractivity contribution in [2.24, 2.45) is 0 Å². The van der Waals surface area contributed by atoms with E-state index in [0.717, 1.165) is 0 Å². The Hall–Kier alpha value is -2.26. The number of hydrogen-bond donors (Lipinski definition) is 1. The molecule has 0 bridgehead atoms. The highest BCUT2D eigenvalue weighted by Crippen LogP contribution is 2.35. The second kappa shape index (κ2) is 6.42. The van der Waals surface area contributed by atoms with Crippen LogP contribution in [0.25, 0.3) is 10.9 Å². The van der Waals surface area contributed by atoms with Crippen LogP contribution >= 0.6 is 0 Å². The molecular formula is C18H19F3N2O4. The first-order valence-corrected chi connectivity index (χ1v) is 8.73. The van der Waals surface area contributed by atoms with Crippen molar-refractivity contribution in [1.29, 1.82) is 0 Å². The highest BCUT2D eigenvalue weighted by molar-refractivity contribution is 5.99. The van der Waals surface area contributed by atoms with Gasteiger partial charge >= 0.3 is 6.36 Å². The molecule has 1 N–H and O–H groups in total. The van der Waals surface area contributed by atoms with E-state index < -0.39 is 12.1 Å². The first-order chi connectivity index (χ1) is 12.7. The zero-order valence-corrected chi connectivity index (χ0v) is 14.6. The lowest BCUT2D eigenvalue weighted by Gasteiger charge is -2.37. The summed E-state index contributed by atoms with van der Waals surface area (Å²) in [5, 5.41) is 0.211. The van der Waals surface area contributed by atoms with Crippen LogP contribution < -0.4 is 4.74 Å². The molecule has 1 aromatic heterocycles. The molecule has 3 heterocycles. The van der Waals surface area contributed by atoms with Gasteiger partial charge in [0, 0.05) is 36.8 Å². The fourth-order valence-electron chi connectivity index (χ4n) is 3.64. The number of nitrogens with one attached hydrogen (secondary N) is 1. The third-order valence-corrected chi connectivity index (χ3v) is 4.89. The topological polar surface area (TPSA) is 63.8 Å². The summed E-state index contributed by atoms with van der Waals surface area (Å²) in [4.78, 5) is 17.3. The first-order valence-electron chi connectivity index (χ1n) is 8.73. The minimum Gasteiger partial charge on any atom is -0.405 e. The van der Waals surface area contributed by atoms with Crippen LogP contribution in [-0.2, 0) is 9.47 Å². The van der Waals surface area contributed by atoms with Crippen LogP contribution in [0, 0.1) is 0 Å². The van der Waals surface area contributed by atoms with Gasteiger partial charge in [-0.2, -0.15) is 0 Å². The summed E-state index contributed by atoms with van der Waals surface area (Å²) in [7, 11) is 0. The maximum atomic E-state index is 12.8. The number of rotatable bonds is 2. The fraction of sp³-hybridized carbons (Fsp3) is 0.500. The van der Waals surface area contributed by atoms with Crippen molar-refractivity contribution in [2.75, 3.05) is 19.7 Å². The summed E-state index contributed by atoms with van der Waals surface area (Å²) in [6.07, 6.45) is -3.64. The molecule has 146 valence electrons. The van der Waals surface area contributed by atoms with Crippen LogP contribution in [-0.4, -0.2) is 53.7 Å². The van der Waals surface area contributed by atoms with Crippen molar-refractivity contribution in [3.05, 3.63) is 30.0 Å². The molecule has 1 spiro atoms. The Labute approximate surface area is 153 Å². The van der Waals surface area contributed by atoms with Crippen LogP contribution in [0.5, 0.6) is 5.75 Å². The number of alkyl halides is 3. The van der Waals surface area contributed by atoms with Gasteiger partial charge in [0.15, 0.2) is 5.79 Å². The van der Waals surface area contributed by atoms with Gasteiger partial charge in [0.05, 0.1) is 12.7 Å². The van der Waals surface area contributed by atoms with Crippen molar-refractivity contribution in [3.63, 3.8) is 0 Å². The molecule has 1 aromatic carbocycles. The second-order valence-electron chi connectivity index (χ2n) is 6.89. The number of amides is 1. The zero-order chi connectivity index (χ0) is 19.2. The molecule has 4 rings (SSSR count). The molecule has 0 aliphatic carbocycles. The largest absolute Gasteiger partial charge is 0.573 e. The number of ether oxygens (including phenoxy) is 3. The molecule has 0 saturated carbocycles. The predicted octanol–water partition coefficient (Wildman–Crippen LogP) is 3.43. The standard InChI is InChI=1S/C18H19F3N2O4/c1-11-10-25-17(26-11)5-7-23(8-6-17)16(24)14-9-12-13(22-14)3-2-4-15(12)27-18(19,20)21/h2-4,9,11,22H,5-8,10H2,1H3/t11-/m1/s1. The van der Waals surface area contributed by atoms with Gasteiger partial charge in [-0.1, -0.05) is 6.07 Å². The third kappa shape index (κ3) is 3.61. The second-order valence-corrected chi connectivity index (χ2v) is 6.89. The minimum atomic E-state index is -4.80. The minimum absolute atomic E-state index is 0.0352. The van der Waals surface area contributed by atoms with Crippen LogP contribution in [0.15, 0.2) is 24.3 Å². The van der Waals surface area contributed by atoms with Crippen LogP contribution in [0.4, 0.5) is 13.2 Å². The molecule has 2 aliphatic rings. The molecule has 27 heavy (non-hydrogen) atoms.